The van der Waals surface area contributed by atoms with Crippen molar-refractivity contribution >= 4 is 47.2 Å². The molecule has 0 spiro atoms. The SMILES string of the molecule is CC(C)(OC(C)(C)C(NC(=O)O)c1ccc(CNC(=O)c2cc(C(=O)NCc3cccc(N)c3)ncn2)cc1)C(NC(=O)O)c1ccc(CNC(=O)c2cc(C(=O)NCc3cccc(N)c3)ncn2)cc1. The molecule has 0 radical (unpaired) electrons. The van der Waals surface area contributed by atoms with Crippen LogP contribution in [0.4, 0.5) is 21.0 Å². The molecule has 2 atom stereocenters. The molecular formula is C50H54N12O9. The first kappa shape index (κ1) is 51.4. The molecular weight excluding hydrogens is 913 g/mol. The van der Waals surface area contributed by atoms with Gasteiger partial charge in [0.15, 0.2) is 0 Å². The molecule has 0 fully saturated rings. The zero-order chi connectivity index (χ0) is 51.3. The minimum Gasteiger partial charge on any atom is -0.465 e. The van der Waals surface area contributed by atoms with E-state index in [9.17, 15) is 39.0 Å². The van der Waals surface area contributed by atoms with Gasteiger partial charge in [0.05, 0.1) is 23.3 Å². The second kappa shape index (κ2) is 22.9. The molecule has 0 saturated heterocycles. The number of nitrogens with two attached hydrogens (primary N) is 2. The molecule has 6 aromatic rings. The molecule has 6 amide bonds. The van der Waals surface area contributed by atoms with Gasteiger partial charge >= 0.3 is 12.2 Å². The number of aromatic nitrogens is 4. The number of rotatable bonds is 20. The number of nitrogen functional groups attached to an aromatic ring is 2. The maximum absolute atomic E-state index is 13.1. The molecule has 2 heterocycles. The first-order chi connectivity index (χ1) is 33.8. The molecule has 0 aliphatic rings. The van der Waals surface area contributed by atoms with Crippen molar-refractivity contribution in [3.8, 4) is 0 Å². The fourth-order valence-electron chi connectivity index (χ4n) is 7.72. The number of nitrogens with zero attached hydrogens (tertiary/aromatic N) is 4. The molecule has 0 bridgehead atoms. The van der Waals surface area contributed by atoms with Crippen LogP contribution in [0, 0.1) is 0 Å². The summed E-state index contributed by atoms with van der Waals surface area (Å²) in [6.45, 7) is 7.23. The predicted octanol–water partition coefficient (Wildman–Crippen LogP) is 5.04. The smallest absolute Gasteiger partial charge is 0.405 e. The first-order valence-electron chi connectivity index (χ1n) is 22.1. The standard InChI is InChI=1S/C50H54N12O9/c1-49(2,41(61-47(67)68)33-15-11-29(12-16-33)23-53-43(63)37-21-39(59-27-57-37)45(65)55-25-31-7-5-9-35(51)19-31)71-50(3,4)42(62-48(69)70)34-17-13-30(14-18-34)24-54-44(64)38-22-40(60-28-58-38)46(66)56-26-32-8-6-10-36(52)20-32/h5-22,27-28,41-42,61-62H,23-26,51-52H2,1-4H3,(H,53,63)(H,54,64)(H,55,65)(H,56,66)(H,67,68)(H,69,70). The third kappa shape index (κ3) is 14.5. The highest BCUT2D eigenvalue weighted by Gasteiger charge is 2.43. The predicted molar refractivity (Wildman–Crippen MR) is 260 cm³/mol. The van der Waals surface area contributed by atoms with Gasteiger partial charge in [-0.1, -0.05) is 72.8 Å². The Bertz CT molecular complexity index is 2700. The molecule has 4 aromatic carbocycles. The van der Waals surface area contributed by atoms with Crippen LogP contribution in [0.1, 0.15) is 115 Å². The number of hydrogen-bond acceptors (Lipinski definition) is 13. The molecule has 2 unspecified atom stereocenters. The lowest BCUT2D eigenvalue weighted by Crippen LogP contribution is -2.52. The zero-order valence-corrected chi connectivity index (χ0v) is 39.2. The molecule has 6 rings (SSSR count). The number of carboxylic acid groups (broad SMARTS) is 2. The summed E-state index contributed by atoms with van der Waals surface area (Å²) >= 11 is 0. The lowest BCUT2D eigenvalue weighted by atomic mass is 9.86. The van der Waals surface area contributed by atoms with Crippen molar-refractivity contribution in [2.24, 2.45) is 0 Å². The number of nitrogens with one attached hydrogen (secondary N) is 6. The average Bonchev–Trinajstić information content (AvgIpc) is 3.34. The maximum Gasteiger partial charge on any atom is 0.405 e. The van der Waals surface area contributed by atoms with Gasteiger partial charge in [-0.05, 0) is 85.3 Å². The lowest BCUT2D eigenvalue weighted by Gasteiger charge is -2.44. The summed E-state index contributed by atoms with van der Waals surface area (Å²) in [5.41, 5.74) is 14.0. The third-order valence-corrected chi connectivity index (χ3v) is 11.1. The van der Waals surface area contributed by atoms with Gasteiger partial charge in [0.25, 0.3) is 23.6 Å². The highest BCUT2D eigenvalue weighted by Crippen LogP contribution is 2.38. The Morgan fingerprint density at radius 2 is 0.789 bits per heavy atom. The van der Waals surface area contributed by atoms with Crippen molar-refractivity contribution in [2.75, 3.05) is 11.5 Å². The van der Waals surface area contributed by atoms with Gasteiger partial charge < -0.3 is 58.3 Å². The van der Waals surface area contributed by atoms with Crippen LogP contribution in [0.2, 0.25) is 0 Å². The summed E-state index contributed by atoms with van der Waals surface area (Å²) < 4.78 is 6.66. The normalized spacial score (nSPS) is 12.1. The second-order valence-electron chi connectivity index (χ2n) is 17.4. The Hall–Kier alpha value is -8.98. The Balaban J connectivity index is 1.06. The van der Waals surface area contributed by atoms with E-state index in [1.165, 1.54) is 12.1 Å². The van der Waals surface area contributed by atoms with Crippen LogP contribution >= 0.6 is 0 Å². The van der Waals surface area contributed by atoms with Gasteiger partial charge in [-0.2, -0.15) is 0 Å². The fraction of sp³-hybridized carbons (Fsp3) is 0.240. The van der Waals surface area contributed by atoms with Crippen LogP contribution in [-0.2, 0) is 30.9 Å². The molecule has 21 heteroatoms. The van der Waals surface area contributed by atoms with Crippen LogP contribution in [0.25, 0.3) is 0 Å². The van der Waals surface area contributed by atoms with E-state index < -0.39 is 59.1 Å². The van der Waals surface area contributed by atoms with Gasteiger partial charge in [0.2, 0.25) is 0 Å². The Morgan fingerprint density at radius 3 is 1.08 bits per heavy atom. The number of ether oxygens (including phenoxy) is 1. The van der Waals surface area contributed by atoms with Gasteiger partial charge in [-0.25, -0.2) is 29.5 Å². The molecule has 0 aliphatic heterocycles. The summed E-state index contributed by atoms with van der Waals surface area (Å²) in [5.74, 6) is -2.12. The van der Waals surface area contributed by atoms with Crippen molar-refractivity contribution in [2.45, 2.75) is 77.2 Å². The van der Waals surface area contributed by atoms with Gasteiger partial charge in [0, 0.05) is 49.7 Å². The van der Waals surface area contributed by atoms with Crippen LogP contribution < -0.4 is 43.4 Å². The van der Waals surface area contributed by atoms with E-state index in [-0.39, 0.29) is 49.0 Å². The fourth-order valence-corrected chi connectivity index (χ4v) is 7.72. The van der Waals surface area contributed by atoms with Crippen molar-refractivity contribution in [3.63, 3.8) is 0 Å². The third-order valence-electron chi connectivity index (χ3n) is 11.1. The van der Waals surface area contributed by atoms with E-state index in [2.05, 4.69) is 51.8 Å². The minimum atomic E-state index is -1.33. The Morgan fingerprint density at radius 1 is 0.479 bits per heavy atom. The van der Waals surface area contributed by atoms with E-state index in [0.29, 0.717) is 33.6 Å². The first-order valence-corrected chi connectivity index (χ1v) is 22.1. The summed E-state index contributed by atoms with van der Waals surface area (Å²) in [6.07, 6.45) is -0.420. The molecule has 21 nitrogen and oxygen atoms in total. The van der Waals surface area contributed by atoms with Gasteiger partial charge in [0.1, 0.15) is 35.4 Å². The Kier molecular flexibility index (Phi) is 16.6. The van der Waals surface area contributed by atoms with E-state index in [0.717, 1.165) is 23.8 Å². The number of carbonyl (C=O) groups excluding carboxylic acids is 4. The van der Waals surface area contributed by atoms with Crippen LogP contribution in [0.15, 0.2) is 122 Å². The molecule has 12 N–H and O–H groups in total. The monoisotopic (exact) mass is 966 g/mol. The topological polar surface area (TPSA) is 328 Å². The average molecular weight is 967 g/mol. The van der Waals surface area contributed by atoms with E-state index >= 15 is 0 Å². The summed E-state index contributed by atoms with van der Waals surface area (Å²) in [4.78, 5) is 92.1. The van der Waals surface area contributed by atoms with E-state index in [4.69, 9.17) is 16.2 Å². The number of anilines is 2. The van der Waals surface area contributed by atoms with E-state index in [1.54, 1.807) is 113 Å². The summed E-state index contributed by atoms with van der Waals surface area (Å²) in [5, 5.41) is 36.0. The number of benzene rings is 4. The van der Waals surface area contributed by atoms with Crippen molar-refractivity contribution < 1.29 is 43.7 Å². The van der Waals surface area contributed by atoms with Crippen LogP contribution in [0.5, 0.6) is 0 Å². The molecule has 368 valence electrons. The van der Waals surface area contributed by atoms with Crippen LogP contribution in [0.3, 0.4) is 0 Å². The lowest BCUT2D eigenvalue weighted by molar-refractivity contribution is -0.152. The molecule has 2 aromatic heterocycles. The summed E-state index contributed by atoms with van der Waals surface area (Å²) in [7, 11) is 0. The maximum atomic E-state index is 13.1. The zero-order valence-electron chi connectivity index (χ0n) is 39.2. The van der Waals surface area contributed by atoms with Crippen molar-refractivity contribution in [3.05, 3.63) is 178 Å². The quantitative estimate of drug-likeness (QED) is 0.0448. The minimum absolute atomic E-state index is 0.00277. The molecule has 0 saturated carbocycles. The molecule has 0 aliphatic carbocycles. The van der Waals surface area contributed by atoms with Gasteiger partial charge in [-0.3, -0.25) is 19.2 Å². The van der Waals surface area contributed by atoms with Gasteiger partial charge in [-0.15, -0.1) is 0 Å². The van der Waals surface area contributed by atoms with Crippen LogP contribution in [-0.4, -0.2) is 77.2 Å². The number of hydrogen-bond donors (Lipinski definition) is 10. The largest absolute Gasteiger partial charge is 0.465 e. The molecule has 71 heavy (non-hydrogen) atoms. The van der Waals surface area contributed by atoms with E-state index in [1.807, 2.05) is 12.1 Å². The Labute approximate surface area is 408 Å². The summed E-state index contributed by atoms with van der Waals surface area (Å²) in [6, 6.07) is 28.3. The van der Waals surface area contributed by atoms with Crippen molar-refractivity contribution in [1.29, 1.82) is 0 Å². The number of carbonyl (C=O) groups is 6. The number of amides is 6. The highest BCUT2D eigenvalue weighted by molar-refractivity contribution is 5.98. The van der Waals surface area contributed by atoms with Crippen molar-refractivity contribution in [1.82, 2.24) is 51.8 Å². The second-order valence-corrected chi connectivity index (χ2v) is 17.4. The highest BCUT2D eigenvalue weighted by atomic mass is 16.5.